The Bertz CT molecular complexity index is 873. The van der Waals surface area contributed by atoms with Gasteiger partial charge in [-0.2, -0.15) is 0 Å². The molecule has 0 heterocycles. The smallest absolute Gasteiger partial charge is 0.252 e. The van der Waals surface area contributed by atoms with Gasteiger partial charge in [-0.1, -0.05) is 0 Å². The number of carbonyl (C=O) groups excluding carboxylic acids is 1. The molecule has 0 unspecified atom stereocenters. The number of rotatable bonds is 8. The molecule has 2 aromatic rings. The van der Waals surface area contributed by atoms with E-state index in [-0.39, 0.29) is 16.3 Å². The monoisotopic (exact) mass is 444 g/mol. The minimum Gasteiger partial charge on any atom is -0.494 e. The second-order valence-electron chi connectivity index (χ2n) is 5.45. The number of hydrogen-bond acceptors (Lipinski definition) is 4. The van der Waals surface area contributed by atoms with E-state index in [9.17, 15) is 17.6 Å². The Labute approximate surface area is 159 Å². The molecule has 0 bridgehead atoms. The van der Waals surface area contributed by atoms with Gasteiger partial charge in [0.25, 0.3) is 5.91 Å². The van der Waals surface area contributed by atoms with E-state index in [0.29, 0.717) is 36.2 Å². The van der Waals surface area contributed by atoms with Crippen molar-refractivity contribution in [3.05, 3.63) is 58.3 Å². The lowest BCUT2D eigenvalue weighted by molar-refractivity contribution is 0.0951. The summed E-state index contributed by atoms with van der Waals surface area (Å²) in [5.74, 6) is -0.140. The molecule has 0 aliphatic carbocycles. The van der Waals surface area contributed by atoms with Crippen LogP contribution in [0.15, 0.2) is 51.8 Å². The lowest BCUT2D eigenvalue weighted by Gasteiger charge is -2.09. The first kappa shape index (κ1) is 20.3. The highest BCUT2D eigenvalue weighted by atomic mass is 79.9. The third kappa shape index (κ3) is 6.08. The maximum atomic E-state index is 12.8. The number of amides is 1. The van der Waals surface area contributed by atoms with Crippen LogP contribution in [0.3, 0.4) is 0 Å². The van der Waals surface area contributed by atoms with E-state index < -0.39 is 15.9 Å². The zero-order valence-corrected chi connectivity index (χ0v) is 16.1. The molecule has 1 amide bonds. The molecular formula is C17H18BrFN2O4S. The molecule has 6 nitrogen and oxygen atoms in total. The number of hydrogen-bond donors (Lipinski definition) is 2. The van der Waals surface area contributed by atoms with Gasteiger partial charge in [-0.05, 0) is 71.2 Å². The van der Waals surface area contributed by atoms with Crippen LogP contribution < -0.4 is 15.2 Å². The standard InChI is InChI=1S/C17H18BrFN2O4S/c18-16-8-7-14(26(20,23)24)11-15(16)17(22)21-9-1-2-10-25-13-5-3-12(19)4-6-13/h3-8,11H,1-2,9-10H2,(H,21,22)(H2,20,23,24). The summed E-state index contributed by atoms with van der Waals surface area (Å²) in [6, 6.07) is 9.76. The minimum atomic E-state index is -3.88. The van der Waals surface area contributed by atoms with Crippen LogP contribution in [0.25, 0.3) is 0 Å². The van der Waals surface area contributed by atoms with E-state index in [4.69, 9.17) is 9.88 Å². The fourth-order valence-corrected chi connectivity index (χ4v) is 3.07. The van der Waals surface area contributed by atoms with Crippen LogP contribution in [0.2, 0.25) is 0 Å². The van der Waals surface area contributed by atoms with Crippen LogP contribution >= 0.6 is 15.9 Å². The fourth-order valence-electron chi connectivity index (χ4n) is 2.10. The number of nitrogens with two attached hydrogens (primary N) is 1. The van der Waals surface area contributed by atoms with Gasteiger partial charge < -0.3 is 10.1 Å². The van der Waals surface area contributed by atoms with Gasteiger partial charge in [0.1, 0.15) is 11.6 Å². The van der Waals surface area contributed by atoms with E-state index in [1.54, 1.807) is 12.1 Å². The third-order valence-corrected chi connectivity index (χ3v) is 5.05. The summed E-state index contributed by atoms with van der Waals surface area (Å²) in [7, 11) is -3.88. The Balaban J connectivity index is 1.77. The maximum Gasteiger partial charge on any atom is 0.252 e. The average molecular weight is 445 g/mol. The summed E-state index contributed by atoms with van der Waals surface area (Å²) in [5.41, 5.74) is 0.194. The number of halogens is 2. The van der Waals surface area contributed by atoms with Crippen LogP contribution in [0.5, 0.6) is 5.75 Å². The largest absolute Gasteiger partial charge is 0.494 e. The topological polar surface area (TPSA) is 98.5 Å². The quantitative estimate of drug-likeness (QED) is 0.611. The second-order valence-corrected chi connectivity index (χ2v) is 7.87. The maximum absolute atomic E-state index is 12.8. The highest BCUT2D eigenvalue weighted by molar-refractivity contribution is 9.10. The van der Waals surface area contributed by atoms with Gasteiger partial charge in [0.05, 0.1) is 17.1 Å². The minimum absolute atomic E-state index is 0.126. The summed E-state index contributed by atoms with van der Waals surface area (Å²) in [6.45, 7) is 0.837. The molecule has 3 N–H and O–H groups in total. The molecule has 0 aliphatic rings. The normalized spacial score (nSPS) is 11.2. The van der Waals surface area contributed by atoms with Crippen molar-refractivity contribution in [2.24, 2.45) is 5.14 Å². The molecule has 0 saturated heterocycles. The molecule has 2 rings (SSSR count). The summed E-state index contributed by atoms with van der Waals surface area (Å²) in [6.07, 6.45) is 1.36. The lowest BCUT2D eigenvalue weighted by atomic mass is 10.2. The van der Waals surface area contributed by atoms with Crippen molar-refractivity contribution in [2.45, 2.75) is 17.7 Å². The number of nitrogens with one attached hydrogen (secondary N) is 1. The van der Waals surface area contributed by atoms with Gasteiger partial charge in [-0.25, -0.2) is 17.9 Å². The fraction of sp³-hybridized carbons (Fsp3) is 0.235. The van der Waals surface area contributed by atoms with Gasteiger partial charge in [0, 0.05) is 11.0 Å². The molecular weight excluding hydrogens is 427 g/mol. The van der Waals surface area contributed by atoms with Gasteiger partial charge in [0.2, 0.25) is 10.0 Å². The van der Waals surface area contributed by atoms with Crippen molar-refractivity contribution < 1.29 is 22.3 Å². The predicted octanol–water partition coefficient (Wildman–Crippen LogP) is 2.82. The molecule has 0 spiro atoms. The van der Waals surface area contributed by atoms with Gasteiger partial charge in [-0.3, -0.25) is 4.79 Å². The first-order chi connectivity index (χ1) is 12.3. The number of primary sulfonamides is 1. The van der Waals surface area contributed by atoms with Crippen LogP contribution in [0.4, 0.5) is 4.39 Å². The van der Waals surface area contributed by atoms with Crippen molar-refractivity contribution in [3.8, 4) is 5.75 Å². The van der Waals surface area contributed by atoms with Crippen LogP contribution in [-0.2, 0) is 10.0 Å². The number of sulfonamides is 1. The first-order valence-electron chi connectivity index (χ1n) is 7.76. The van der Waals surface area contributed by atoms with Gasteiger partial charge >= 0.3 is 0 Å². The van der Waals surface area contributed by atoms with Crippen LogP contribution in [-0.4, -0.2) is 27.5 Å². The summed E-state index contributed by atoms with van der Waals surface area (Å²) >= 11 is 3.22. The van der Waals surface area contributed by atoms with Gasteiger partial charge in [0.15, 0.2) is 0 Å². The Morgan fingerprint density at radius 2 is 1.85 bits per heavy atom. The van der Waals surface area contributed by atoms with Crippen molar-refractivity contribution in [3.63, 3.8) is 0 Å². The van der Waals surface area contributed by atoms with Crippen molar-refractivity contribution in [2.75, 3.05) is 13.2 Å². The highest BCUT2D eigenvalue weighted by Gasteiger charge is 2.15. The highest BCUT2D eigenvalue weighted by Crippen LogP contribution is 2.20. The van der Waals surface area contributed by atoms with E-state index in [1.807, 2.05) is 0 Å². The van der Waals surface area contributed by atoms with E-state index in [0.717, 1.165) is 0 Å². The predicted molar refractivity (Wildman–Crippen MR) is 99.0 cm³/mol. The molecule has 9 heteroatoms. The van der Waals surface area contributed by atoms with Gasteiger partial charge in [-0.15, -0.1) is 0 Å². The molecule has 140 valence electrons. The van der Waals surface area contributed by atoms with Crippen LogP contribution in [0, 0.1) is 5.82 Å². The average Bonchev–Trinajstić information content (AvgIpc) is 2.58. The van der Waals surface area contributed by atoms with E-state index in [2.05, 4.69) is 21.2 Å². The number of carbonyl (C=O) groups is 1. The molecule has 0 radical (unpaired) electrons. The van der Waals surface area contributed by atoms with Crippen molar-refractivity contribution in [1.82, 2.24) is 5.32 Å². The van der Waals surface area contributed by atoms with Crippen LogP contribution in [0.1, 0.15) is 23.2 Å². The number of benzene rings is 2. The molecule has 0 fully saturated rings. The molecule has 2 aromatic carbocycles. The number of unbranched alkanes of at least 4 members (excludes halogenated alkanes) is 1. The second kappa shape index (κ2) is 9.11. The van der Waals surface area contributed by atoms with Crippen molar-refractivity contribution in [1.29, 1.82) is 0 Å². The SMILES string of the molecule is NS(=O)(=O)c1ccc(Br)c(C(=O)NCCCCOc2ccc(F)cc2)c1. The van der Waals surface area contributed by atoms with E-state index in [1.165, 1.54) is 30.3 Å². The Hall–Kier alpha value is -1.97. The first-order valence-corrected chi connectivity index (χ1v) is 10.1. The lowest BCUT2D eigenvalue weighted by Crippen LogP contribution is -2.25. The Morgan fingerprint density at radius 3 is 2.50 bits per heavy atom. The molecule has 0 saturated carbocycles. The van der Waals surface area contributed by atoms with Crippen molar-refractivity contribution >= 4 is 31.9 Å². The van der Waals surface area contributed by atoms with E-state index >= 15 is 0 Å². The molecule has 0 atom stereocenters. The zero-order valence-electron chi connectivity index (χ0n) is 13.7. The molecule has 0 aliphatic heterocycles. The summed E-state index contributed by atoms with van der Waals surface area (Å²) in [5, 5.41) is 7.79. The summed E-state index contributed by atoms with van der Waals surface area (Å²) in [4.78, 5) is 12.1. The molecule has 0 aromatic heterocycles. The Kier molecular flexibility index (Phi) is 7.13. The molecule has 26 heavy (non-hydrogen) atoms. The number of ether oxygens (including phenoxy) is 1. The third-order valence-electron chi connectivity index (χ3n) is 3.45. The summed E-state index contributed by atoms with van der Waals surface area (Å²) < 4.78 is 41.5. The Morgan fingerprint density at radius 1 is 1.15 bits per heavy atom. The zero-order chi connectivity index (χ0) is 19.2.